The van der Waals surface area contributed by atoms with Crippen LogP contribution in [0, 0.1) is 11.3 Å². The molecule has 4 heterocycles. The molecule has 1 N–H and O–H groups in total. The largest absolute Gasteiger partial charge is 0.508 e. The lowest BCUT2D eigenvalue weighted by Crippen LogP contribution is -2.55. The van der Waals surface area contributed by atoms with E-state index < -0.39 is 0 Å². The van der Waals surface area contributed by atoms with Crippen molar-refractivity contribution >= 4 is 28.2 Å². The average Bonchev–Trinajstić information content (AvgIpc) is 3.45. The van der Waals surface area contributed by atoms with Crippen LogP contribution >= 0.6 is 0 Å². The zero-order valence-corrected chi connectivity index (χ0v) is 24.9. The van der Waals surface area contributed by atoms with Crippen molar-refractivity contribution in [1.82, 2.24) is 19.8 Å². The Hall–Kier alpha value is -4.36. The van der Waals surface area contributed by atoms with Gasteiger partial charge in [-0.2, -0.15) is 15.2 Å². The number of phenolic OH excluding ortho intramolecular Hbond substituents is 1. The summed E-state index contributed by atoms with van der Waals surface area (Å²) in [5, 5.41) is 22.1. The fourth-order valence-electron chi connectivity index (χ4n) is 6.95. The van der Waals surface area contributed by atoms with Gasteiger partial charge in [-0.1, -0.05) is 30.8 Å². The summed E-state index contributed by atoms with van der Waals surface area (Å²) in [5.74, 6) is 0.898. The third-order valence-corrected chi connectivity index (χ3v) is 9.17. The number of fused-ring (bicyclic) bond motifs is 2. The van der Waals surface area contributed by atoms with Crippen molar-refractivity contribution in [2.75, 3.05) is 49.6 Å². The van der Waals surface area contributed by atoms with E-state index >= 15 is 0 Å². The van der Waals surface area contributed by atoms with Gasteiger partial charge < -0.3 is 24.5 Å². The quantitative estimate of drug-likeness (QED) is 0.416. The van der Waals surface area contributed by atoms with Crippen molar-refractivity contribution in [2.24, 2.45) is 0 Å². The lowest BCUT2D eigenvalue weighted by atomic mass is 10.0. The zero-order chi connectivity index (χ0) is 30.1. The number of likely N-dealkylation sites (tertiary alicyclic amines) is 1. The Balaban J connectivity index is 1.36. The Morgan fingerprint density at radius 2 is 2.05 bits per heavy atom. The second kappa shape index (κ2) is 12.1. The summed E-state index contributed by atoms with van der Waals surface area (Å²) in [4.78, 5) is 31.1. The van der Waals surface area contributed by atoms with E-state index in [1.807, 2.05) is 24.3 Å². The molecule has 2 aromatic carbocycles. The molecule has 6 rings (SSSR count). The molecule has 0 bridgehead atoms. The highest BCUT2D eigenvalue weighted by molar-refractivity contribution is 5.95. The minimum Gasteiger partial charge on any atom is -0.508 e. The van der Waals surface area contributed by atoms with Gasteiger partial charge in [0, 0.05) is 54.9 Å². The van der Waals surface area contributed by atoms with E-state index in [4.69, 9.17) is 14.7 Å². The van der Waals surface area contributed by atoms with E-state index in [-0.39, 0.29) is 30.2 Å². The summed E-state index contributed by atoms with van der Waals surface area (Å²) < 4.78 is 6.47. The van der Waals surface area contributed by atoms with Crippen LogP contribution in [0.3, 0.4) is 0 Å². The van der Waals surface area contributed by atoms with E-state index in [1.165, 1.54) is 6.08 Å². The molecule has 0 radical (unpaired) electrons. The summed E-state index contributed by atoms with van der Waals surface area (Å²) in [6.45, 7) is 9.64. The van der Waals surface area contributed by atoms with Gasteiger partial charge in [0.25, 0.3) is 0 Å². The van der Waals surface area contributed by atoms with Gasteiger partial charge in [0.2, 0.25) is 5.91 Å². The standard InChI is InChI=1S/C33H39N7O3/c1-4-31(42)40-17-16-39(20-24(40)11-13-34)32-27-12-15-38(30-19-25(41)18-23-8-5-6-9-26(23)30)21-28(27)35-33(36-32)43-22(2)29-10-7-14-37(29)3/h4-6,8-9,18-19,22,24,29,41H,1,7,10-12,14-17,20-21H2,2-3H3/t22-,24?,29-/m1/s1. The summed E-state index contributed by atoms with van der Waals surface area (Å²) >= 11 is 0. The maximum absolute atomic E-state index is 12.6. The first-order chi connectivity index (χ1) is 20.9. The van der Waals surface area contributed by atoms with Crippen molar-refractivity contribution in [1.29, 1.82) is 5.26 Å². The lowest BCUT2D eigenvalue weighted by Gasteiger charge is -2.42. The molecule has 2 saturated heterocycles. The number of piperazine rings is 1. The number of nitriles is 1. The number of nitrogens with zero attached hydrogens (tertiary/aromatic N) is 7. The van der Waals surface area contributed by atoms with Gasteiger partial charge in [0.1, 0.15) is 17.7 Å². The third kappa shape index (κ3) is 5.69. The Morgan fingerprint density at radius 1 is 1.21 bits per heavy atom. The average molecular weight is 582 g/mol. The number of hydrogen-bond donors (Lipinski definition) is 1. The second-order valence-electron chi connectivity index (χ2n) is 11.8. The first kappa shape index (κ1) is 28.7. The van der Waals surface area contributed by atoms with Gasteiger partial charge in [-0.05, 0) is 57.3 Å². The molecule has 1 unspecified atom stereocenters. The molecule has 2 fully saturated rings. The predicted molar refractivity (Wildman–Crippen MR) is 166 cm³/mol. The van der Waals surface area contributed by atoms with Crippen LogP contribution in [-0.4, -0.2) is 88.7 Å². The maximum atomic E-state index is 12.6. The molecule has 3 atom stereocenters. The van der Waals surface area contributed by atoms with Gasteiger partial charge in [0.05, 0.1) is 30.8 Å². The molecule has 0 saturated carbocycles. The molecule has 0 aliphatic carbocycles. The predicted octanol–water partition coefficient (Wildman–Crippen LogP) is 3.88. The van der Waals surface area contributed by atoms with Crippen molar-refractivity contribution in [3.63, 3.8) is 0 Å². The van der Waals surface area contributed by atoms with Crippen molar-refractivity contribution in [2.45, 2.75) is 57.3 Å². The number of benzene rings is 2. The fraction of sp³-hybridized carbons (Fsp3) is 0.455. The zero-order valence-electron chi connectivity index (χ0n) is 24.9. The van der Waals surface area contributed by atoms with Gasteiger partial charge in [-0.15, -0.1) is 0 Å². The molecule has 10 heteroatoms. The molecule has 3 aliphatic rings. The smallest absolute Gasteiger partial charge is 0.318 e. The fourth-order valence-corrected chi connectivity index (χ4v) is 6.95. The van der Waals surface area contributed by atoms with E-state index in [9.17, 15) is 15.2 Å². The highest BCUT2D eigenvalue weighted by Gasteiger charge is 2.34. The number of carbonyl (C=O) groups is 1. The number of hydrogen-bond acceptors (Lipinski definition) is 9. The van der Waals surface area contributed by atoms with Gasteiger partial charge in [-0.25, -0.2) is 0 Å². The molecular weight excluding hydrogens is 542 g/mol. The van der Waals surface area contributed by atoms with Crippen molar-refractivity contribution in [3.05, 3.63) is 60.3 Å². The van der Waals surface area contributed by atoms with Gasteiger partial charge in [0.15, 0.2) is 0 Å². The second-order valence-corrected chi connectivity index (χ2v) is 11.8. The van der Waals surface area contributed by atoms with Gasteiger partial charge in [-0.3, -0.25) is 9.69 Å². The first-order valence-corrected chi connectivity index (χ1v) is 15.1. The molecule has 3 aliphatic heterocycles. The van der Waals surface area contributed by atoms with Crippen LogP contribution < -0.4 is 14.5 Å². The Morgan fingerprint density at radius 3 is 2.81 bits per heavy atom. The minimum atomic E-state index is -0.260. The summed E-state index contributed by atoms with van der Waals surface area (Å²) in [5.41, 5.74) is 2.93. The number of amides is 1. The SMILES string of the molecule is C=CC(=O)N1CCN(c2nc(O[C@H](C)[C@H]3CCCN3C)nc3c2CCN(c2cc(O)cc4ccccc24)C3)CC1CC#N. The minimum absolute atomic E-state index is 0.0819. The molecule has 3 aromatic rings. The van der Waals surface area contributed by atoms with Crippen LogP contribution in [0.5, 0.6) is 11.8 Å². The monoisotopic (exact) mass is 581 g/mol. The van der Waals surface area contributed by atoms with E-state index in [2.05, 4.69) is 47.4 Å². The molecule has 224 valence electrons. The van der Waals surface area contributed by atoms with Crippen LogP contribution in [0.25, 0.3) is 10.8 Å². The first-order valence-electron chi connectivity index (χ1n) is 15.1. The number of ether oxygens (including phenoxy) is 1. The number of aromatic hydroxyl groups is 1. The van der Waals surface area contributed by atoms with Crippen LogP contribution in [0.15, 0.2) is 49.1 Å². The normalized spacial score (nSPS) is 21.4. The van der Waals surface area contributed by atoms with Crippen LogP contribution in [0.1, 0.15) is 37.4 Å². The van der Waals surface area contributed by atoms with Crippen molar-refractivity contribution in [3.8, 4) is 17.8 Å². The number of anilines is 2. The van der Waals surface area contributed by atoms with Crippen LogP contribution in [0.4, 0.5) is 11.5 Å². The number of phenols is 1. The van der Waals surface area contributed by atoms with Crippen LogP contribution in [-0.2, 0) is 17.8 Å². The Kier molecular flexibility index (Phi) is 8.08. The molecule has 43 heavy (non-hydrogen) atoms. The van der Waals surface area contributed by atoms with E-state index in [0.717, 1.165) is 59.5 Å². The summed E-state index contributed by atoms with van der Waals surface area (Å²) in [6.07, 6.45) is 4.40. The molecule has 10 nitrogen and oxygen atoms in total. The number of aromatic nitrogens is 2. The number of likely N-dealkylation sites (N-methyl/N-ethyl adjacent to an activating group) is 1. The highest BCUT2D eigenvalue weighted by Crippen LogP contribution is 2.37. The van der Waals surface area contributed by atoms with Gasteiger partial charge >= 0.3 is 6.01 Å². The molecular formula is C33H39N7O3. The van der Waals surface area contributed by atoms with Crippen molar-refractivity contribution < 1.29 is 14.6 Å². The lowest BCUT2D eigenvalue weighted by molar-refractivity contribution is -0.128. The molecule has 1 amide bonds. The van der Waals surface area contributed by atoms with E-state index in [1.54, 1.807) is 11.0 Å². The van der Waals surface area contributed by atoms with E-state index in [0.29, 0.717) is 44.7 Å². The molecule has 0 spiro atoms. The topological polar surface area (TPSA) is 109 Å². The number of rotatable bonds is 7. The Bertz CT molecular complexity index is 1570. The highest BCUT2D eigenvalue weighted by atomic mass is 16.5. The van der Waals surface area contributed by atoms with Crippen LogP contribution in [0.2, 0.25) is 0 Å². The summed E-state index contributed by atoms with van der Waals surface area (Å²) in [7, 11) is 2.13. The maximum Gasteiger partial charge on any atom is 0.318 e. The molecule has 1 aromatic heterocycles. The third-order valence-electron chi connectivity index (χ3n) is 9.17. The number of carbonyl (C=O) groups excluding carboxylic acids is 1. The Labute approximate surface area is 252 Å². The summed E-state index contributed by atoms with van der Waals surface area (Å²) in [6, 6.07) is 14.3.